The molecule has 0 bridgehead atoms. The smallest absolute Gasteiger partial charge is 0.0621 e. The first kappa shape index (κ1) is 12.9. The van der Waals surface area contributed by atoms with E-state index in [4.69, 9.17) is 4.74 Å². The molecule has 1 saturated carbocycles. The zero-order chi connectivity index (χ0) is 11.3. The summed E-state index contributed by atoms with van der Waals surface area (Å²) in [6.07, 6.45) is 4.35. The Morgan fingerprint density at radius 3 is 2.60 bits per heavy atom. The molecular weight excluding hydrogens is 190 g/mol. The molecule has 2 unspecified atom stereocenters. The van der Waals surface area contributed by atoms with Gasteiger partial charge in [-0.1, -0.05) is 13.8 Å². The van der Waals surface area contributed by atoms with Crippen molar-refractivity contribution >= 4 is 0 Å². The Bertz CT molecular complexity index is 182. The van der Waals surface area contributed by atoms with Gasteiger partial charge in [0.1, 0.15) is 0 Å². The van der Waals surface area contributed by atoms with Crippen LogP contribution in [0.1, 0.15) is 39.5 Å². The van der Waals surface area contributed by atoms with Crippen LogP contribution in [0.25, 0.3) is 0 Å². The third kappa shape index (κ3) is 3.44. The molecule has 2 atom stereocenters. The van der Waals surface area contributed by atoms with Crippen LogP contribution in [0.2, 0.25) is 0 Å². The van der Waals surface area contributed by atoms with Gasteiger partial charge in [-0.3, -0.25) is 0 Å². The quantitative estimate of drug-likeness (QED) is 0.633. The van der Waals surface area contributed by atoms with E-state index < -0.39 is 0 Å². The summed E-state index contributed by atoms with van der Waals surface area (Å²) < 4.78 is 5.00. The van der Waals surface area contributed by atoms with Gasteiger partial charge in [0.25, 0.3) is 0 Å². The Morgan fingerprint density at radius 1 is 1.33 bits per heavy atom. The van der Waals surface area contributed by atoms with Crippen LogP contribution >= 0.6 is 0 Å². The highest BCUT2D eigenvalue weighted by Gasteiger charge is 2.46. The van der Waals surface area contributed by atoms with Gasteiger partial charge in [-0.15, -0.1) is 0 Å². The maximum Gasteiger partial charge on any atom is 0.0621 e. The zero-order valence-corrected chi connectivity index (χ0v) is 10.3. The number of hydrogen-bond acceptors (Lipinski definition) is 3. The molecule has 0 saturated heterocycles. The predicted molar refractivity (Wildman–Crippen MR) is 61.9 cm³/mol. The van der Waals surface area contributed by atoms with Crippen LogP contribution in [0.3, 0.4) is 0 Å². The number of ether oxygens (including phenoxy) is 1. The highest BCUT2D eigenvalue weighted by molar-refractivity contribution is 5.01. The van der Waals surface area contributed by atoms with Gasteiger partial charge < -0.3 is 15.2 Å². The van der Waals surface area contributed by atoms with Gasteiger partial charge in [-0.2, -0.15) is 0 Å². The molecular formula is C12H25NO2. The van der Waals surface area contributed by atoms with Crippen LogP contribution in [0, 0.1) is 5.41 Å². The van der Waals surface area contributed by atoms with Crippen LogP contribution in [0.5, 0.6) is 0 Å². The van der Waals surface area contributed by atoms with Gasteiger partial charge in [0, 0.05) is 25.2 Å². The minimum atomic E-state index is -0.122. The Morgan fingerprint density at radius 2 is 2.07 bits per heavy atom. The maximum absolute atomic E-state index is 9.56. The van der Waals surface area contributed by atoms with E-state index in [9.17, 15) is 5.11 Å². The minimum absolute atomic E-state index is 0.0620. The van der Waals surface area contributed by atoms with Gasteiger partial charge in [0.2, 0.25) is 0 Å². The highest BCUT2D eigenvalue weighted by atomic mass is 16.5. The third-order valence-corrected chi connectivity index (χ3v) is 3.63. The SMILES string of the molecule is COCCCCCNC1CC(O)C1(C)C. The second kappa shape index (κ2) is 5.83. The van der Waals surface area contributed by atoms with E-state index in [1.165, 1.54) is 12.8 Å². The zero-order valence-electron chi connectivity index (χ0n) is 10.3. The number of rotatable bonds is 7. The summed E-state index contributed by atoms with van der Waals surface area (Å²) in [5.41, 5.74) is 0.0620. The molecule has 0 amide bonds. The van der Waals surface area contributed by atoms with Crippen LogP contribution < -0.4 is 5.32 Å². The largest absolute Gasteiger partial charge is 0.392 e. The van der Waals surface area contributed by atoms with Crippen molar-refractivity contribution in [3.8, 4) is 0 Å². The number of aliphatic hydroxyl groups excluding tert-OH is 1. The van der Waals surface area contributed by atoms with E-state index in [2.05, 4.69) is 19.2 Å². The first-order chi connectivity index (χ1) is 7.09. The third-order valence-electron chi connectivity index (χ3n) is 3.63. The van der Waals surface area contributed by atoms with Crippen molar-refractivity contribution in [2.24, 2.45) is 5.41 Å². The average molecular weight is 215 g/mol. The summed E-state index contributed by atoms with van der Waals surface area (Å²) in [5.74, 6) is 0. The molecule has 1 aliphatic carbocycles. The molecule has 15 heavy (non-hydrogen) atoms. The fourth-order valence-corrected chi connectivity index (χ4v) is 2.07. The van der Waals surface area contributed by atoms with E-state index in [0.29, 0.717) is 6.04 Å². The lowest BCUT2D eigenvalue weighted by Crippen LogP contribution is -2.60. The predicted octanol–water partition coefficient (Wildman–Crippen LogP) is 1.55. The highest BCUT2D eigenvalue weighted by Crippen LogP contribution is 2.40. The van der Waals surface area contributed by atoms with E-state index in [1.807, 2.05) is 0 Å². The molecule has 1 rings (SSSR count). The summed E-state index contributed by atoms with van der Waals surface area (Å²) in [6, 6.07) is 0.495. The van der Waals surface area contributed by atoms with Crippen molar-refractivity contribution in [2.45, 2.75) is 51.7 Å². The van der Waals surface area contributed by atoms with Gasteiger partial charge >= 0.3 is 0 Å². The first-order valence-corrected chi connectivity index (χ1v) is 5.99. The molecule has 3 nitrogen and oxygen atoms in total. The number of methoxy groups -OCH3 is 1. The van der Waals surface area contributed by atoms with E-state index >= 15 is 0 Å². The van der Waals surface area contributed by atoms with Crippen molar-refractivity contribution in [2.75, 3.05) is 20.3 Å². The van der Waals surface area contributed by atoms with Gasteiger partial charge in [-0.05, 0) is 32.2 Å². The molecule has 0 heterocycles. The fourth-order valence-electron chi connectivity index (χ4n) is 2.07. The molecule has 0 spiro atoms. The maximum atomic E-state index is 9.56. The second-order valence-electron chi connectivity index (χ2n) is 5.13. The Labute approximate surface area is 93.2 Å². The second-order valence-corrected chi connectivity index (χ2v) is 5.13. The Kier molecular flexibility index (Phi) is 5.03. The topological polar surface area (TPSA) is 41.5 Å². The van der Waals surface area contributed by atoms with Gasteiger partial charge in [0.05, 0.1) is 6.10 Å². The summed E-state index contributed by atoms with van der Waals surface area (Å²) in [4.78, 5) is 0. The Hall–Kier alpha value is -0.120. The number of aliphatic hydroxyl groups is 1. The van der Waals surface area contributed by atoms with Crippen LogP contribution in [-0.4, -0.2) is 37.5 Å². The molecule has 0 aromatic carbocycles. The molecule has 90 valence electrons. The number of unbranched alkanes of at least 4 members (excludes halogenated alkanes) is 2. The summed E-state index contributed by atoms with van der Waals surface area (Å²) in [5, 5.41) is 13.1. The van der Waals surface area contributed by atoms with Gasteiger partial charge in [0.15, 0.2) is 0 Å². The molecule has 2 N–H and O–H groups in total. The molecule has 0 aliphatic heterocycles. The first-order valence-electron chi connectivity index (χ1n) is 5.99. The minimum Gasteiger partial charge on any atom is -0.392 e. The van der Waals surface area contributed by atoms with Crippen molar-refractivity contribution < 1.29 is 9.84 Å². The molecule has 1 fully saturated rings. The van der Waals surface area contributed by atoms with Crippen molar-refractivity contribution in [1.82, 2.24) is 5.32 Å². The summed E-state index contributed by atoms with van der Waals surface area (Å²) in [7, 11) is 1.75. The number of nitrogens with one attached hydrogen (secondary N) is 1. The molecule has 3 heteroatoms. The standard InChI is InChI=1S/C12H25NO2/c1-12(2)10(9-11(12)14)13-7-5-4-6-8-15-3/h10-11,13-14H,4-9H2,1-3H3. The fraction of sp³-hybridized carbons (Fsp3) is 1.00. The van der Waals surface area contributed by atoms with Crippen molar-refractivity contribution in [3.63, 3.8) is 0 Å². The number of hydrogen-bond donors (Lipinski definition) is 2. The van der Waals surface area contributed by atoms with Crippen LogP contribution in [-0.2, 0) is 4.74 Å². The molecule has 1 aliphatic rings. The monoisotopic (exact) mass is 215 g/mol. The van der Waals surface area contributed by atoms with Gasteiger partial charge in [-0.25, -0.2) is 0 Å². The molecule has 0 radical (unpaired) electrons. The van der Waals surface area contributed by atoms with Crippen molar-refractivity contribution in [3.05, 3.63) is 0 Å². The van der Waals surface area contributed by atoms with Crippen molar-refractivity contribution in [1.29, 1.82) is 0 Å². The average Bonchev–Trinajstić information content (AvgIpc) is 2.21. The van der Waals surface area contributed by atoms with E-state index in [1.54, 1.807) is 7.11 Å². The summed E-state index contributed by atoms with van der Waals surface area (Å²) in [6.45, 7) is 6.19. The molecule has 0 aromatic heterocycles. The lowest BCUT2D eigenvalue weighted by atomic mass is 9.64. The summed E-state index contributed by atoms with van der Waals surface area (Å²) >= 11 is 0. The lowest BCUT2D eigenvalue weighted by molar-refractivity contribution is -0.0722. The van der Waals surface area contributed by atoms with E-state index in [-0.39, 0.29) is 11.5 Å². The van der Waals surface area contributed by atoms with Crippen LogP contribution in [0.4, 0.5) is 0 Å². The van der Waals surface area contributed by atoms with Crippen LogP contribution in [0.15, 0.2) is 0 Å². The Balaban J connectivity index is 1.97. The normalized spacial score (nSPS) is 28.8. The lowest BCUT2D eigenvalue weighted by Gasteiger charge is -2.49. The van der Waals surface area contributed by atoms with E-state index in [0.717, 1.165) is 26.0 Å². The molecule has 0 aromatic rings.